The maximum atomic E-state index is 12.1. The fourth-order valence-electron chi connectivity index (χ4n) is 1.90. The topological polar surface area (TPSA) is 45.3 Å². The minimum absolute atomic E-state index is 0.0756. The molecule has 0 unspecified atom stereocenters. The van der Waals surface area contributed by atoms with Crippen molar-refractivity contribution in [1.82, 2.24) is 9.88 Å². The first-order valence-electron chi connectivity index (χ1n) is 5.28. The van der Waals surface area contributed by atoms with Gasteiger partial charge in [0, 0.05) is 13.1 Å². The monoisotopic (exact) mass is 236 g/mol. The number of aromatic nitrogens is 1. The van der Waals surface area contributed by atoms with Crippen molar-refractivity contribution in [3.63, 3.8) is 0 Å². The molecule has 16 heavy (non-hydrogen) atoms. The normalized spacial score (nSPS) is 16.9. The summed E-state index contributed by atoms with van der Waals surface area (Å²) in [7, 11) is 0. The molecular weight excluding hydrogens is 224 g/mol. The molecule has 3 rings (SSSR count). The molecule has 0 bridgehead atoms. The third kappa shape index (κ3) is 1.62. The number of rotatable bonds is 1. The molecule has 5 heteroatoms. The van der Waals surface area contributed by atoms with Crippen molar-refractivity contribution < 1.29 is 9.53 Å². The molecule has 2 aromatic heterocycles. The van der Waals surface area contributed by atoms with Gasteiger partial charge in [-0.25, -0.2) is 0 Å². The summed E-state index contributed by atoms with van der Waals surface area (Å²) in [6.07, 6.45) is 0. The number of H-pyrrole nitrogens is 1. The molecule has 0 aromatic carbocycles. The van der Waals surface area contributed by atoms with E-state index in [0.717, 1.165) is 10.2 Å². The van der Waals surface area contributed by atoms with Crippen molar-refractivity contribution in [3.8, 4) is 0 Å². The van der Waals surface area contributed by atoms with Crippen molar-refractivity contribution in [2.45, 2.75) is 0 Å². The Hall–Kier alpha value is -1.33. The van der Waals surface area contributed by atoms with Crippen molar-refractivity contribution in [3.05, 3.63) is 23.2 Å². The van der Waals surface area contributed by atoms with E-state index in [1.54, 1.807) is 11.3 Å². The van der Waals surface area contributed by atoms with Gasteiger partial charge in [0.1, 0.15) is 5.69 Å². The van der Waals surface area contributed by atoms with Gasteiger partial charge in [-0.15, -0.1) is 11.3 Å². The van der Waals surface area contributed by atoms with Gasteiger partial charge in [0.05, 0.1) is 23.4 Å². The zero-order valence-corrected chi connectivity index (χ0v) is 9.55. The molecule has 1 amide bonds. The number of morpholine rings is 1. The van der Waals surface area contributed by atoms with E-state index in [4.69, 9.17) is 4.74 Å². The Morgan fingerprint density at radius 2 is 2.25 bits per heavy atom. The maximum absolute atomic E-state index is 12.1. The Labute approximate surface area is 96.8 Å². The summed E-state index contributed by atoms with van der Waals surface area (Å²) >= 11 is 1.65. The second kappa shape index (κ2) is 3.92. The molecule has 1 fully saturated rings. The predicted molar refractivity (Wildman–Crippen MR) is 62.9 cm³/mol. The van der Waals surface area contributed by atoms with Gasteiger partial charge < -0.3 is 14.6 Å². The van der Waals surface area contributed by atoms with Gasteiger partial charge in [0.2, 0.25) is 0 Å². The Bertz CT molecular complexity index is 482. The molecule has 0 spiro atoms. The van der Waals surface area contributed by atoms with Crippen LogP contribution in [0, 0.1) is 0 Å². The van der Waals surface area contributed by atoms with Crippen LogP contribution in [-0.4, -0.2) is 42.1 Å². The highest BCUT2D eigenvalue weighted by Gasteiger charge is 2.20. The van der Waals surface area contributed by atoms with Crippen molar-refractivity contribution in [1.29, 1.82) is 0 Å². The van der Waals surface area contributed by atoms with E-state index in [2.05, 4.69) is 4.98 Å². The molecule has 0 saturated carbocycles. The fourth-order valence-corrected chi connectivity index (χ4v) is 2.68. The average Bonchev–Trinajstić information content (AvgIpc) is 2.89. The van der Waals surface area contributed by atoms with E-state index < -0.39 is 0 Å². The van der Waals surface area contributed by atoms with Crippen LogP contribution < -0.4 is 0 Å². The molecule has 1 aliphatic rings. The minimum atomic E-state index is 0.0756. The number of ether oxygens (including phenoxy) is 1. The average molecular weight is 236 g/mol. The third-order valence-electron chi connectivity index (χ3n) is 2.77. The number of amides is 1. The molecule has 1 saturated heterocycles. The van der Waals surface area contributed by atoms with E-state index in [0.29, 0.717) is 32.0 Å². The lowest BCUT2D eigenvalue weighted by Gasteiger charge is -2.26. The van der Waals surface area contributed by atoms with Crippen LogP contribution in [0.15, 0.2) is 17.5 Å². The van der Waals surface area contributed by atoms with E-state index in [-0.39, 0.29) is 5.91 Å². The van der Waals surface area contributed by atoms with Crippen LogP contribution >= 0.6 is 11.3 Å². The second-order valence-corrected chi connectivity index (χ2v) is 4.73. The zero-order chi connectivity index (χ0) is 11.0. The summed E-state index contributed by atoms with van der Waals surface area (Å²) in [6.45, 7) is 2.65. The molecule has 0 radical (unpaired) electrons. The first-order valence-corrected chi connectivity index (χ1v) is 6.16. The van der Waals surface area contributed by atoms with Crippen LogP contribution in [0.2, 0.25) is 0 Å². The van der Waals surface area contributed by atoms with Crippen LogP contribution in [0.4, 0.5) is 0 Å². The summed E-state index contributed by atoms with van der Waals surface area (Å²) in [5.74, 6) is 0.0756. The van der Waals surface area contributed by atoms with E-state index in [1.165, 1.54) is 0 Å². The second-order valence-electron chi connectivity index (χ2n) is 3.79. The lowest BCUT2D eigenvalue weighted by atomic mass is 10.3. The summed E-state index contributed by atoms with van der Waals surface area (Å²) in [5.41, 5.74) is 1.73. The van der Waals surface area contributed by atoms with Crippen molar-refractivity contribution in [2.75, 3.05) is 26.3 Å². The van der Waals surface area contributed by atoms with Crippen LogP contribution in [0.25, 0.3) is 10.2 Å². The summed E-state index contributed by atoms with van der Waals surface area (Å²) in [4.78, 5) is 17.1. The van der Waals surface area contributed by atoms with E-state index >= 15 is 0 Å². The van der Waals surface area contributed by atoms with Gasteiger partial charge in [-0.3, -0.25) is 4.79 Å². The number of hydrogen-bond donors (Lipinski definition) is 1. The summed E-state index contributed by atoms with van der Waals surface area (Å²) < 4.78 is 6.36. The number of carbonyl (C=O) groups is 1. The van der Waals surface area contributed by atoms with Crippen LogP contribution in [0.5, 0.6) is 0 Å². The molecular formula is C11H12N2O2S. The highest BCUT2D eigenvalue weighted by molar-refractivity contribution is 7.17. The number of aromatic amines is 1. The van der Waals surface area contributed by atoms with E-state index in [1.807, 2.05) is 22.4 Å². The summed E-state index contributed by atoms with van der Waals surface area (Å²) in [5, 5.41) is 2.02. The Balaban J connectivity index is 1.86. The maximum Gasteiger partial charge on any atom is 0.270 e. The standard InChI is InChI=1S/C11H12N2O2S/c14-11(13-2-4-15-5-3-13)9-7-10-8(12-9)1-6-16-10/h1,6-7,12H,2-5H2. The minimum Gasteiger partial charge on any atom is -0.378 e. The third-order valence-corrected chi connectivity index (χ3v) is 3.63. The number of carbonyl (C=O) groups excluding carboxylic acids is 1. The first kappa shape index (κ1) is 9.86. The van der Waals surface area contributed by atoms with Gasteiger partial charge >= 0.3 is 0 Å². The van der Waals surface area contributed by atoms with Gasteiger partial charge in [0.15, 0.2) is 0 Å². The van der Waals surface area contributed by atoms with Crippen molar-refractivity contribution in [2.24, 2.45) is 0 Å². The van der Waals surface area contributed by atoms with Crippen LogP contribution in [-0.2, 0) is 4.74 Å². The molecule has 0 aliphatic carbocycles. The number of nitrogens with one attached hydrogen (secondary N) is 1. The Morgan fingerprint density at radius 1 is 1.44 bits per heavy atom. The van der Waals surface area contributed by atoms with Crippen LogP contribution in [0.3, 0.4) is 0 Å². The molecule has 4 nitrogen and oxygen atoms in total. The first-order chi connectivity index (χ1) is 7.84. The molecule has 3 heterocycles. The SMILES string of the molecule is O=C(c1cc2sccc2[nH]1)N1CCOCC1. The molecule has 84 valence electrons. The highest BCUT2D eigenvalue weighted by Crippen LogP contribution is 2.22. The van der Waals surface area contributed by atoms with E-state index in [9.17, 15) is 4.79 Å². The van der Waals surface area contributed by atoms with Crippen LogP contribution in [0.1, 0.15) is 10.5 Å². The number of thiophene rings is 1. The predicted octanol–water partition coefficient (Wildman–Crippen LogP) is 1.70. The largest absolute Gasteiger partial charge is 0.378 e. The quantitative estimate of drug-likeness (QED) is 0.819. The Kier molecular flexibility index (Phi) is 2.41. The smallest absolute Gasteiger partial charge is 0.270 e. The fraction of sp³-hybridized carbons (Fsp3) is 0.364. The summed E-state index contributed by atoms with van der Waals surface area (Å²) in [6, 6.07) is 3.92. The lowest BCUT2D eigenvalue weighted by molar-refractivity contribution is 0.0299. The highest BCUT2D eigenvalue weighted by atomic mass is 32.1. The number of fused-ring (bicyclic) bond motifs is 1. The Morgan fingerprint density at radius 3 is 3.00 bits per heavy atom. The zero-order valence-electron chi connectivity index (χ0n) is 8.73. The molecule has 1 aliphatic heterocycles. The lowest BCUT2D eigenvalue weighted by Crippen LogP contribution is -2.40. The van der Waals surface area contributed by atoms with Gasteiger partial charge in [0.25, 0.3) is 5.91 Å². The van der Waals surface area contributed by atoms with Gasteiger partial charge in [-0.1, -0.05) is 0 Å². The van der Waals surface area contributed by atoms with Gasteiger partial charge in [-0.05, 0) is 17.5 Å². The van der Waals surface area contributed by atoms with Gasteiger partial charge in [-0.2, -0.15) is 0 Å². The molecule has 2 aromatic rings. The number of hydrogen-bond acceptors (Lipinski definition) is 3. The number of nitrogens with zero attached hydrogens (tertiary/aromatic N) is 1. The van der Waals surface area contributed by atoms with Crippen molar-refractivity contribution >= 4 is 27.5 Å². The molecule has 1 N–H and O–H groups in total. The molecule has 0 atom stereocenters.